The molecule has 3 heteroatoms. The van der Waals surface area contributed by atoms with Crippen LogP contribution in [0.4, 0.5) is 0 Å². The molecule has 0 aliphatic heterocycles. The van der Waals surface area contributed by atoms with Crippen molar-refractivity contribution in [3.8, 4) is 0 Å². The Balaban J connectivity index is 2.37. The van der Waals surface area contributed by atoms with Gasteiger partial charge >= 0.3 is 0 Å². The number of thioether (sulfide) groups is 1. The number of rotatable bonds is 10. The van der Waals surface area contributed by atoms with Gasteiger partial charge in [-0.25, -0.2) is 0 Å². The van der Waals surface area contributed by atoms with Crippen LogP contribution in [-0.2, 0) is 0 Å². The first kappa shape index (κ1) is 16.8. The summed E-state index contributed by atoms with van der Waals surface area (Å²) in [7, 11) is 0. The molecule has 19 heavy (non-hydrogen) atoms. The predicted molar refractivity (Wildman–Crippen MR) is 91.0 cm³/mol. The van der Waals surface area contributed by atoms with Crippen molar-refractivity contribution < 1.29 is 0 Å². The first-order valence-electron chi connectivity index (χ1n) is 6.99. The zero-order chi connectivity index (χ0) is 13.9. The second-order valence-corrected chi connectivity index (χ2v) is 6.64. The number of benzene rings is 1. The average Bonchev–Trinajstić information content (AvgIpc) is 2.43. The van der Waals surface area contributed by atoms with E-state index in [1.54, 1.807) is 0 Å². The standard InChI is InChI=1S/C16H24BrNS/c1-3-5-6-7-15(18-12-4-2)13-19-16-10-8-14(17)9-11-16/h3,8-11,15,18H,1,4-7,12-13H2,2H3. The minimum absolute atomic E-state index is 0.605. The van der Waals surface area contributed by atoms with Crippen LogP contribution in [-0.4, -0.2) is 18.3 Å². The highest BCUT2D eigenvalue weighted by Gasteiger charge is 2.07. The van der Waals surface area contributed by atoms with E-state index in [1.165, 1.54) is 24.2 Å². The normalized spacial score (nSPS) is 12.3. The molecule has 0 saturated heterocycles. The van der Waals surface area contributed by atoms with Crippen molar-refractivity contribution in [1.29, 1.82) is 0 Å². The van der Waals surface area contributed by atoms with Gasteiger partial charge in [0.2, 0.25) is 0 Å². The Kier molecular flexibility index (Phi) is 9.31. The van der Waals surface area contributed by atoms with Crippen molar-refractivity contribution in [2.24, 2.45) is 0 Å². The molecule has 0 aromatic heterocycles. The second kappa shape index (κ2) is 10.5. The van der Waals surface area contributed by atoms with Crippen molar-refractivity contribution in [3.05, 3.63) is 41.4 Å². The van der Waals surface area contributed by atoms with E-state index >= 15 is 0 Å². The minimum atomic E-state index is 0.605. The number of hydrogen-bond acceptors (Lipinski definition) is 2. The molecule has 1 aromatic rings. The first-order chi connectivity index (χ1) is 9.26. The number of unbranched alkanes of at least 4 members (excludes halogenated alkanes) is 1. The van der Waals surface area contributed by atoms with Gasteiger partial charge in [0.25, 0.3) is 0 Å². The fourth-order valence-corrected chi connectivity index (χ4v) is 3.10. The Labute approximate surface area is 130 Å². The summed E-state index contributed by atoms with van der Waals surface area (Å²) < 4.78 is 1.14. The third-order valence-electron chi connectivity index (χ3n) is 2.91. The molecule has 1 N–H and O–H groups in total. The van der Waals surface area contributed by atoms with Crippen LogP contribution < -0.4 is 5.32 Å². The maximum absolute atomic E-state index is 3.79. The average molecular weight is 342 g/mol. The van der Waals surface area contributed by atoms with Crippen LogP contribution in [0.1, 0.15) is 32.6 Å². The molecular weight excluding hydrogens is 318 g/mol. The van der Waals surface area contributed by atoms with E-state index in [0.717, 1.165) is 23.2 Å². The Morgan fingerprint density at radius 1 is 1.37 bits per heavy atom. The maximum Gasteiger partial charge on any atom is 0.0176 e. The van der Waals surface area contributed by atoms with E-state index in [1.807, 2.05) is 17.8 Å². The van der Waals surface area contributed by atoms with E-state index in [2.05, 4.69) is 59.0 Å². The van der Waals surface area contributed by atoms with Crippen molar-refractivity contribution in [1.82, 2.24) is 5.32 Å². The fraction of sp³-hybridized carbons (Fsp3) is 0.500. The van der Waals surface area contributed by atoms with Gasteiger partial charge in [-0.1, -0.05) is 28.9 Å². The quantitative estimate of drug-likeness (QED) is 0.353. The Morgan fingerprint density at radius 3 is 2.74 bits per heavy atom. The van der Waals surface area contributed by atoms with Crippen LogP contribution in [0, 0.1) is 0 Å². The highest BCUT2D eigenvalue weighted by molar-refractivity contribution is 9.10. The molecule has 1 nitrogen and oxygen atoms in total. The smallest absolute Gasteiger partial charge is 0.0176 e. The summed E-state index contributed by atoms with van der Waals surface area (Å²) in [5.74, 6) is 1.14. The molecule has 0 spiro atoms. The molecule has 0 radical (unpaired) electrons. The van der Waals surface area contributed by atoms with Gasteiger partial charge in [0.1, 0.15) is 0 Å². The van der Waals surface area contributed by atoms with Crippen LogP contribution in [0.3, 0.4) is 0 Å². The summed E-state index contributed by atoms with van der Waals surface area (Å²) in [6, 6.07) is 9.17. The van der Waals surface area contributed by atoms with Crippen molar-refractivity contribution in [3.63, 3.8) is 0 Å². The molecule has 1 atom stereocenters. The van der Waals surface area contributed by atoms with Gasteiger partial charge in [-0.3, -0.25) is 0 Å². The fourth-order valence-electron chi connectivity index (χ4n) is 1.83. The van der Waals surface area contributed by atoms with Crippen LogP contribution in [0.5, 0.6) is 0 Å². The molecule has 0 aliphatic carbocycles. The largest absolute Gasteiger partial charge is 0.313 e. The van der Waals surface area contributed by atoms with Crippen LogP contribution in [0.2, 0.25) is 0 Å². The summed E-state index contributed by atoms with van der Waals surface area (Å²) in [5, 5.41) is 3.65. The zero-order valence-corrected chi connectivity index (χ0v) is 14.1. The van der Waals surface area contributed by atoms with Gasteiger partial charge < -0.3 is 5.32 Å². The van der Waals surface area contributed by atoms with Gasteiger partial charge in [-0.2, -0.15) is 0 Å². The molecule has 1 aromatic carbocycles. The molecule has 0 saturated carbocycles. The molecule has 1 rings (SSSR count). The van der Waals surface area contributed by atoms with Gasteiger partial charge in [0, 0.05) is 21.2 Å². The van der Waals surface area contributed by atoms with Gasteiger partial charge in [-0.05, 0) is 56.5 Å². The lowest BCUT2D eigenvalue weighted by Gasteiger charge is -2.18. The summed E-state index contributed by atoms with van der Waals surface area (Å²) in [6.45, 7) is 7.12. The van der Waals surface area contributed by atoms with E-state index in [4.69, 9.17) is 0 Å². The number of hydrogen-bond donors (Lipinski definition) is 1. The van der Waals surface area contributed by atoms with E-state index in [9.17, 15) is 0 Å². The third-order valence-corrected chi connectivity index (χ3v) is 4.61. The molecular formula is C16H24BrNS. The van der Waals surface area contributed by atoms with Gasteiger partial charge in [0.05, 0.1) is 0 Å². The second-order valence-electron chi connectivity index (χ2n) is 4.64. The summed E-state index contributed by atoms with van der Waals surface area (Å²) in [6.07, 6.45) is 6.79. The Hall–Kier alpha value is -0.250. The van der Waals surface area contributed by atoms with Gasteiger partial charge in [-0.15, -0.1) is 18.3 Å². The topological polar surface area (TPSA) is 12.0 Å². The van der Waals surface area contributed by atoms with E-state index in [-0.39, 0.29) is 0 Å². The SMILES string of the molecule is C=CCCCC(CSc1ccc(Br)cc1)NCCC. The van der Waals surface area contributed by atoms with Crippen molar-refractivity contribution >= 4 is 27.7 Å². The summed E-state index contributed by atoms with van der Waals surface area (Å²) >= 11 is 5.41. The maximum atomic E-state index is 3.79. The molecule has 0 aliphatic rings. The highest BCUT2D eigenvalue weighted by atomic mass is 79.9. The molecule has 1 unspecified atom stereocenters. The van der Waals surface area contributed by atoms with Gasteiger partial charge in [0.15, 0.2) is 0 Å². The van der Waals surface area contributed by atoms with Crippen molar-refractivity contribution in [2.45, 2.75) is 43.5 Å². The lowest BCUT2D eigenvalue weighted by atomic mass is 10.1. The van der Waals surface area contributed by atoms with Crippen LogP contribution in [0.15, 0.2) is 46.3 Å². The molecule has 0 amide bonds. The zero-order valence-electron chi connectivity index (χ0n) is 11.7. The van der Waals surface area contributed by atoms with Crippen LogP contribution in [0.25, 0.3) is 0 Å². The number of allylic oxidation sites excluding steroid dienone is 1. The Morgan fingerprint density at radius 2 is 2.11 bits per heavy atom. The Bertz CT molecular complexity index is 350. The molecule has 106 valence electrons. The molecule has 0 heterocycles. The summed E-state index contributed by atoms with van der Waals surface area (Å²) in [4.78, 5) is 1.34. The summed E-state index contributed by atoms with van der Waals surface area (Å²) in [5.41, 5.74) is 0. The highest BCUT2D eigenvalue weighted by Crippen LogP contribution is 2.22. The monoisotopic (exact) mass is 341 g/mol. The third kappa shape index (κ3) is 7.81. The lowest BCUT2D eigenvalue weighted by Crippen LogP contribution is -2.31. The van der Waals surface area contributed by atoms with Crippen LogP contribution >= 0.6 is 27.7 Å². The predicted octanol–water partition coefficient (Wildman–Crippen LogP) is 5.27. The van der Waals surface area contributed by atoms with Crippen molar-refractivity contribution in [2.75, 3.05) is 12.3 Å². The van der Waals surface area contributed by atoms with E-state index < -0.39 is 0 Å². The first-order valence-corrected chi connectivity index (χ1v) is 8.76. The van der Waals surface area contributed by atoms with E-state index in [0.29, 0.717) is 6.04 Å². The lowest BCUT2D eigenvalue weighted by molar-refractivity contribution is 0.506. The number of halogens is 1. The molecule has 0 bridgehead atoms. The number of nitrogens with one attached hydrogen (secondary N) is 1. The minimum Gasteiger partial charge on any atom is -0.313 e. The molecule has 0 fully saturated rings.